The highest BCUT2D eigenvalue weighted by molar-refractivity contribution is 5.78. The Bertz CT molecular complexity index is 998. The molecule has 0 saturated heterocycles. The topological polar surface area (TPSA) is 87.7 Å². The third-order valence-electron chi connectivity index (χ3n) is 4.80. The van der Waals surface area contributed by atoms with Crippen LogP contribution in [0.4, 0.5) is 0 Å². The van der Waals surface area contributed by atoms with Gasteiger partial charge in [-0.1, -0.05) is 36.4 Å². The average Bonchev–Trinajstić information content (AvgIpc) is 3.54. The first-order chi connectivity index (χ1) is 13.7. The molecule has 4 rings (SSSR count). The molecule has 0 spiro atoms. The van der Waals surface area contributed by atoms with Gasteiger partial charge in [0.25, 0.3) is 5.56 Å². The minimum atomic E-state index is -0.265. The summed E-state index contributed by atoms with van der Waals surface area (Å²) in [6, 6.07) is 16.5. The van der Waals surface area contributed by atoms with E-state index in [1.807, 2.05) is 48.5 Å². The summed E-state index contributed by atoms with van der Waals surface area (Å²) in [4.78, 5) is 36.3. The van der Waals surface area contributed by atoms with Gasteiger partial charge in [-0.2, -0.15) is 0 Å². The number of hydrogen-bond acceptors (Lipinski definition) is 4. The number of hydrogen-bond donors (Lipinski definition) is 2. The van der Waals surface area contributed by atoms with Gasteiger partial charge in [-0.15, -0.1) is 0 Å². The zero-order valence-electron chi connectivity index (χ0n) is 15.5. The number of pyridine rings is 1. The summed E-state index contributed by atoms with van der Waals surface area (Å²) in [6.45, 7) is 0. The molecule has 1 aliphatic rings. The Labute approximate surface area is 163 Å². The summed E-state index contributed by atoms with van der Waals surface area (Å²) in [5, 5.41) is 3.08. The predicted octanol–water partition coefficient (Wildman–Crippen LogP) is 2.69. The quantitative estimate of drug-likeness (QED) is 0.666. The van der Waals surface area contributed by atoms with Gasteiger partial charge >= 0.3 is 0 Å². The fourth-order valence-corrected chi connectivity index (χ4v) is 3.24. The van der Waals surface area contributed by atoms with Crippen LogP contribution in [0.3, 0.4) is 0 Å². The van der Waals surface area contributed by atoms with Gasteiger partial charge in [-0.05, 0) is 30.5 Å². The van der Waals surface area contributed by atoms with Crippen molar-refractivity contribution in [3.05, 3.63) is 93.9 Å². The molecule has 0 bridgehead atoms. The first-order valence-electron chi connectivity index (χ1n) is 9.52. The Kier molecular flexibility index (Phi) is 5.28. The third-order valence-corrected chi connectivity index (χ3v) is 4.80. The lowest BCUT2D eigenvalue weighted by molar-refractivity contribution is -0.121. The van der Waals surface area contributed by atoms with Gasteiger partial charge in [-0.25, -0.2) is 4.98 Å². The van der Waals surface area contributed by atoms with Gasteiger partial charge in [0.15, 0.2) is 0 Å². The van der Waals surface area contributed by atoms with E-state index in [0.29, 0.717) is 18.0 Å². The second-order valence-corrected chi connectivity index (χ2v) is 7.13. The van der Waals surface area contributed by atoms with E-state index in [2.05, 4.69) is 20.3 Å². The molecule has 2 aromatic heterocycles. The number of H-pyrrole nitrogens is 1. The maximum Gasteiger partial charge on any atom is 0.251 e. The molecule has 28 heavy (non-hydrogen) atoms. The summed E-state index contributed by atoms with van der Waals surface area (Å²) in [6.07, 6.45) is 4.48. The second-order valence-electron chi connectivity index (χ2n) is 7.13. The molecular formula is C22H22N4O2. The highest BCUT2D eigenvalue weighted by Gasteiger charge is 2.27. The van der Waals surface area contributed by atoms with Crippen molar-refractivity contribution < 1.29 is 4.79 Å². The maximum absolute atomic E-state index is 12.6. The Morgan fingerprint density at radius 1 is 1.11 bits per heavy atom. The van der Waals surface area contributed by atoms with Crippen molar-refractivity contribution >= 4 is 5.91 Å². The molecule has 1 amide bonds. The Balaban J connectivity index is 1.54. The molecule has 1 aromatic carbocycles. The molecule has 0 unspecified atom stereocenters. The van der Waals surface area contributed by atoms with E-state index < -0.39 is 0 Å². The Morgan fingerprint density at radius 3 is 2.61 bits per heavy atom. The highest BCUT2D eigenvalue weighted by atomic mass is 16.1. The van der Waals surface area contributed by atoms with Crippen LogP contribution in [0.25, 0.3) is 0 Å². The molecule has 0 radical (unpaired) electrons. The van der Waals surface area contributed by atoms with Crippen LogP contribution in [0.1, 0.15) is 47.6 Å². The summed E-state index contributed by atoms with van der Waals surface area (Å²) < 4.78 is 0. The van der Waals surface area contributed by atoms with Crippen molar-refractivity contribution in [3.63, 3.8) is 0 Å². The van der Waals surface area contributed by atoms with Crippen LogP contribution in [0.2, 0.25) is 0 Å². The Morgan fingerprint density at radius 2 is 1.89 bits per heavy atom. The average molecular weight is 374 g/mol. The van der Waals surface area contributed by atoms with E-state index in [1.54, 1.807) is 6.20 Å². The maximum atomic E-state index is 12.6. The molecule has 2 N–H and O–H groups in total. The zero-order valence-corrected chi connectivity index (χ0v) is 15.5. The molecule has 0 aliphatic heterocycles. The Hall–Kier alpha value is -3.28. The lowest BCUT2D eigenvalue weighted by atomic mass is 10.0. The second kappa shape index (κ2) is 8.17. The van der Waals surface area contributed by atoms with Gasteiger partial charge < -0.3 is 10.3 Å². The smallest absolute Gasteiger partial charge is 0.251 e. The third kappa shape index (κ3) is 4.71. The normalized spacial score (nSPS) is 14.4. The van der Waals surface area contributed by atoms with Crippen LogP contribution in [-0.2, 0) is 17.6 Å². The number of aromatic amines is 1. The van der Waals surface area contributed by atoms with Gasteiger partial charge in [-0.3, -0.25) is 14.6 Å². The molecule has 1 aliphatic carbocycles. The molecule has 3 aromatic rings. The summed E-state index contributed by atoms with van der Waals surface area (Å²) in [7, 11) is 0. The van der Waals surface area contributed by atoms with Gasteiger partial charge in [0.1, 0.15) is 5.82 Å². The van der Waals surface area contributed by atoms with Crippen LogP contribution in [0.15, 0.2) is 65.6 Å². The number of benzene rings is 1. The molecule has 1 fully saturated rings. The lowest BCUT2D eigenvalue weighted by Gasteiger charge is -2.19. The standard InChI is InChI=1S/C22H22N4O2/c27-20(13-17-8-4-5-11-23-17)25-19(15-6-2-1-3-7-15)12-18-14-21(28)26-22(24-18)16-9-10-16/h1-8,11,14,16,19H,9-10,12-13H2,(H,25,27)(H,24,26,28)/t19-/m1/s1. The van der Waals surface area contributed by atoms with E-state index in [9.17, 15) is 9.59 Å². The lowest BCUT2D eigenvalue weighted by Crippen LogP contribution is -2.32. The van der Waals surface area contributed by atoms with Crippen LogP contribution in [0.5, 0.6) is 0 Å². The number of carbonyl (C=O) groups excluding carboxylic acids is 1. The summed E-state index contributed by atoms with van der Waals surface area (Å²) >= 11 is 0. The number of nitrogens with one attached hydrogen (secondary N) is 2. The largest absolute Gasteiger partial charge is 0.349 e. The van der Waals surface area contributed by atoms with Crippen molar-refractivity contribution in [2.75, 3.05) is 0 Å². The fourth-order valence-electron chi connectivity index (χ4n) is 3.24. The number of amides is 1. The van der Waals surface area contributed by atoms with Crippen molar-refractivity contribution in [3.8, 4) is 0 Å². The van der Waals surface area contributed by atoms with Crippen molar-refractivity contribution in [2.45, 2.75) is 37.6 Å². The molecule has 1 saturated carbocycles. The van der Waals surface area contributed by atoms with Crippen LogP contribution in [0, 0.1) is 0 Å². The molecule has 1 atom stereocenters. The SMILES string of the molecule is O=C(Cc1ccccn1)N[C@H](Cc1cc(=O)[nH]c(C2CC2)n1)c1ccccc1. The first-order valence-corrected chi connectivity index (χ1v) is 9.52. The van der Waals surface area contributed by atoms with Gasteiger partial charge in [0, 0.05) is 30.3 Å². The first kappa shape index (κ1) is 18.1. The molecule has 2 heterocycles. The number of aromatic nitrogens is 3. The highest BCUT2D eigenvalue weighted by Crippen LogP contribution is 2.37. The fraction of sp³-hybridized carbons (Fsp3) is 0.273. The van der Waals surface area contributed by atoms with Gasteiger partial charge in [0.05, 0.1) is 18.2 Å². The molecule has 6 nitrogen and oxygen atoms in total. The van der Waals surface area contributed by atoms with E-state index >= 15 is 0 Å². The summed E-state index contributed by atoms with van der Waals surface area (Å²) in [5.41, 5.74) is 2.25. The van der Waals surface area contributed by atoms with Crippen molar-refractivity contribution in [1.82, 2.24) is 20.3 Å². The zero-order chi connectivity index (χ0) is 19.3. The van der Waals surface area contributed by atoms with E-state index in [4.69, 9.17) is 0 Å². The molecular weight excluding hydrogens is 352 g/mol. The van der Waals surface area contributed by atoms with Crippen LogP contribution < -0.4 is 10.9 Å². The minimum absolute atomic E-state index is 0.111. The van der Waals surface area contributed by atoms with E-state index in [0.717, 1.165) is 29.9 Å². The minimum Gasteiger partial charge on any atom is -0.349 e. The van der Waals surface area contributed by atoms with E-state index in [-0.39, 0.29) is 23.9 Å². The van der Waals surface area contributed by atoms with Crippen molar-refractivity contribution in [1.29, 1.82) is 0 Å². The summed E-state index contributed by atoms with van der Waals surface area (Å²) in [5.74, 6) is 1.01. The molecule has 6 heteroatoms. The van der Waals surface area contributed by atoms with Crippen LogP contribution in [-0.4, -0.2) is 20.9 Å². The van der Waals surface area contributed by atoms with E-state index in [1.165, 1.54) is 6.07 Å². The van der Waals surface area contributed by atoms with Gasteiger partial charge in [0.2, 0.25) is 5.91 Å². The van der Waals surface area contributed by atoms with Crippen LogP contribution >= 0.6 is 0 Å². The number of carbonyl (C=O) groups is 1. The monoisotopic (exact) mass is 374 g/mol. The van der Waals surface area contributed by atoms with Crippen molar-refractivity contribution in [2.24, 2.45) is 0 Å². The number of rotatable bonds is 7. The molecule has 142 valence electrons. The number of nitrogens with zero attached hydrogens (tertiary/aromatic N) is 2. The predicted molar refractivity (Wildman–Crippen MR) is 106 cm³/mol.